The van der Waals surface area contributed by atoms with E-state index in [4.69, 9.17) is 37.1 Å². The Hall–Kier alpha value is -2.90. The highest BCUT2D eigenvalue weighted by Gasteiger charge is 2.37. The molecule has 34 heavy (non-hydrogen) atoms. The Bertz CT molecular complexity index is 1170. The maximum absolute atomic E-state index is 12.8. The first-order valence-corrected chi connectivity index (χ1v) is 11.8. The molecule has 1 aromatic heterocycles. The molecule has 11 heteroatoms. The summed E-state index contributed by atoms with van der Waals surface area (Å²) in [6, 6.07) is 10.3. The van der Waals surface area contributed by atoms with Gasteiger partial charge in [0, 0.05) is 18.5 Å². The zero-order valence-electron chi connectivity index (χ0n) is 18.3. The fourth-order valence-electron chi connectivity index (χ4n) is 3.24. The number of rotatable bonds is 9. The molecule has 0 unspecified atom stereocenters. The SMILES string of the molecule is COCCOC(=O)C1=C(C)NC(SCC(=O)Nc2ccc(Cl)c(Cl)c2)=C(C#N)[C@@H]1c1ccco1. The summed E-state index contributed by atoms with van der Waals surface area (Å²) in [5.41, 5.74) is 1.49. The van der Waals surface area contributed by atoms with Crippen molar-refractivity contribution in [3.63, 3.8) is 0 Å². The number of amides is 1. The number of furan rings is 1. The van der Waals surface area contributed by atoms with Crippen molar-refractivity contribution in [2.24, 2.45) is 0 Å². The van der Waals surface area contributed by atoms with Gasteiger partial charge in [0.2, 0.25) is 5.91 Å². The van der Waals surface area contributed by atoms with E-state index in [2.05, 4.69) is 16.7 Å². The minimum atomic E-state index is -0.781. The highest BCUT2D eigenvalue weighted by molar-refractivity contribution is 8.03. The van der Waals surface area contributed by atoms with Crippen LogP contribution in [-0.2, 0) is 19.1 Å². The summed E-state index contributed by atoms with van der Waals surface area (Å²) in [6.45, 7) is 2.01. The lowest BCUT2D eigenvalue weighted by Gasteiger charge is -2.27. The molecule has 2 heterocycles. The van der Waals surface area contributed by atoms with E-state index in [1.165, 1.54) is 13.4 Å². The van der Waals surface area contributed by atoms with Crippen LogP contribution in [0.3, 0.4) is 0 Å². The number of hydrogen-bond donors (Lipinski definition) is 2. The first-order chi connectivity index (χ1) is 16.3. The van der Waals surface area contributed by atoms with Crippen molar-refractivity contribution in [2.45, 2.75) is 12.8 Å². The number of nitrogens with zero attached hydrogens (tertiary/aromatic N) is 1. The molecule has 0 spiro atoms. The van der Waals surface area contributed by atoms with Crippen molar-refractivity contribution in [1.82, 2.24) is 5.32 Å². The second kappa shape index (κ2) is 12.0. The van der Waals surface area contributed by atoms with Crippen LogP contribution < -0.4 is 10.6 Å². The lowest BCUT2D eigenvalue weighted by molar-refractivity contribution is -0.140. The van der Waals surface area contributed by atoms with Crippen molar-refractivity contribution in [1.29, 1.82) is 5.26 Å². The molecule has 1 amide bonds. The number of allylic oxidation sites excluding steroid dienone is 2. The Labute approximate surface area is 210 Å². The molecule has 0 aliphatic carbocycles. The maximum Gasteiger partial charge on any atom is 0.336 e. The highest BCUT2D eigenvalue weighted by Crippen LogP contribution is 2.41. The first-order valence-electron chi connectivity index (χ1n) is 10.0. The fourth-order valence-corrected chi connectivity index (χ4v) is 4.43. The van der Waals surface area contributed by atoms with Gasteiger partial charge in [-0.05, 0) is 37.3 Å². The largest absolute Gasteiger partial charge is 0.468 e. The number of methoxy groups -OCH3 is 1. The van der Waals surface area contributed by atoms with Gasteiger partial charge in [-0.1, -0.05) is 35.0 Å². The number of esters is 1. The zero-order valence-corrected chi connectivity index (χ0v) is 20.6. The number of nitriles is 1. The molecule has 1 atom stereocenters. The molecule has 0 fully saturated rings. The number of benzene rings is 1. The molecule has 3 rings (SSSR count). The van der Waals surface area contributed by atoms with E-state index in [0.717, 1.165) is 11.8 Å². The average molecular weight is 522 g/mol. The van der Waals surface area contributed by atoms with Crippen LogP contribution in [0.5, 0.6) is 0 Å². The maximum atomic E-state index is 12.8. The van der Waals surface area contributed by atoms with Crippen LogP contribution in [0.1, 0.15) is 18.6 Å². The third kappa shape index (κ3) is 6.15. The van der Waals surface area contributed by atoms with Crippen molar-refractivity contribution in [3.05, 3.63) is 74.3 Å². The van der Waals surface area contributed by atoms with Gasteiger partial charge >= 0.3 is 5.97 Å². The highest BCUT2D eigenvalue weighted by atomic mass is 35.5. The minimum Gasteiger partial charge on any atom is -0.468 e. The topological polar surface area (TPSA) is 114 Å². The summed E-state index contributed by atoms with van der Waals surface area (Å²) in [5.74, 6) is -1.26. The van der Waals surface area contributed by atoms with Gasteiger partial charge in [-0.2, -0.15) is 5.26 Å². The average Bonchev–Trinajstić information content (AvgIpc) is 3.34. The fraction of sp³-hybridized carbons (Fsp3) is 0.261. The molecule has 1 aliphatic rings. The van der Waals surface area contributed by atoms with Crippen LogP contribution >= 0.6 is 35.0 Å². The number of anilines is 1. The van der Waals surface area contributed by atoms with Gasteiger partial charge in [0.15, 0.2) is 0 Å². The molecule has 8 nitrogen and oxygen atoms in total. The van der Waals surface area contributed by atoms with Gasteiger partial charge in [0.25, 0.3) is 0 Å². The molecule has 1 aromatic carbocycles. The lowest BCUT2D eigenvalue weighted by Crippen LogP contribution is -2.29. The van der Waals surface area contributed by atoms with E-state index in [9.17, 15) is 14.9 Å². The number of thioether (sulfide) groups is 1. The zero-order chi connectivity index (χ0) is 24.7. The molecule has 0 saturated heterocycles. The number of hydrogen-bond acceptors (Lipinski definition) is 8. The molecular formula is C23H21Cl2N3O5S. The molecule has 0 bridgehead atoms. The van der Waals surface area contributed by atoms with E-state index < -0.39 is 11.9 Å². The molecule has 178 valence electrons. The van der Waals surface area contributed by atoms with E-state index >= 15 is 0 Å². The monoisotopic (exact) mass is 521 g/mol. The van der Waals surface area contributed by atoms with E-state index in [1.807, 2.05) is 0 Å². The number of ether oxygens (including phenoxy) is 2. The Morgan fingerprint density at radius 3 is 2.71 bits per heavy atom. The molecular weight excluding hydrogens is 501 g/mol. The normalized spacial score (nSPS) is 15.6. The van der Waals surface area contributed by atoms with Crippen LogP contribution in [-0.4, -0.2) is 38.0 Å². The van der Waals surface area contributed by atoms with Gasteiger partial charge < -0.3 is 24.5 Å². The van der Waals surface area contributed by atoms with Crippen LogP contribution in [0.2, 0.25) is 10.0 Å². The van der Waals surface area contributed by atoms with Crippen LogP contribution in [0.4, 0.5) is 5.69 Å². The van der Waals surface area contributed by atoms with Crippen molar-refractivity contribution >= 4 is 52.5 Å². The third-order valence-electron chi connectivity index (χ3n) is 4.77. The minimum absolute atomic E-state index is 0.000464. The molecule has 2 N–H and O–H groups in total. The summed E-state index contributed by atoms with van der Waals surface area (Å²) in [6.07, 6.45) is 1.47. The van der Waals surface area contributed by atoms with Crippen LogP contribution in [0.25, 0.3) is 0 Å². The number of halogens is 2. The second-order valence-electron chi connectivity index (χ2n) is 7.06. The predicted molar refractivity (Wildman–Crippen MR) is 130 cm³/mol. The summed E-state index contributed by atoms with van der Waals surface area (Å²) >= 11 is 13.0. The van der Waals surface area contributed by atoms with Gasteiger partial charge in [-0.25, -0.2) is 4.79 Å². The van der Waals surface area contributed by atoms with Crippen molar-refractivity contribution in [2.75, 3.05) is 31.4 Å². The smallest absolute Gasteiger partial charge is 0.336 e. The molecule has 2 aromatic rings. The lowest BCUT2D eigenvalue weighted by atomic mass is 9.86. The van der Waals surface area contributed by atoms with E-state index in [0.29, 0.717) is 32.2 Å². The van der Waals surface area contributed by atoms with E-state index in [1.54, 1.807) is 37.3 Å². The second-order valence-corrected chi connectivity index (χ2v) is 8.86. The molecule has 0 radical (unpaired) electrons. The Balaban J connectivity index is 1.81. The molecule has 1 aliphatic heterocycles. The summed E-state index contributed by atoms with van der Waals surface area (Å²) in [4.78, 5) is 25.3. The number of carbonyl (C=O) groups excluding carboxylic acids is 2. The number of carbonyl (C=O) groups is 2. The standard InChI is InChI=1S/C23H21Cl2N3O5S/c1-13-20(23(30)33-9-8-31-2)21(18-4-3-7-32-18)15(11-26)22(27-13)34-12-19(29)28-14-5-6-16(24)17(25)10-14/h3-7,10,21,27H,8-9,12H2,1-2H3,(H,28,29)/t21-/m1/s1. The quantitative estimate of drug-likeness (QED) is 0.355. The summed E-state index contributed by atoms with van der Waals surface area (Å²) in [7, 11) is 1.50. The van der Waals surface area contributed by atoms with Gasteiger partial charge in [-0.3, -0.25) is 4.79 Å². The summed E-state index contributed by atoms with van der Waals surface area (Å²) in [5, 5.41) is 16.9. The van der Waals surface area contributed by atoms with Crippen molar-refractivity contribution in [3.8, 4) is 6.07 Å². The van der Waals surface area contributed by atoms with Gasteiger partial charge in [-0.15, -0.1) is 0 Å². The molecule has 0 saturated carbocycles. The van der Waals surface area contributed by atoms with E-state index in [-0.39, 0.29) is 36.0 Å². The summed E-state index contributed by atoms with van der Waals surface area (Å²) < 4.78 is 15.8. The van der Waals surface area contributed by atoms with Crippen molar-refractivity contribution < 1.29 is 23.5 Å². The number of nitrogens with one attached hydrogen (secondary N) is 2. The third-order valence-corrected chi connectivity index (χ3v) is 6.52. The van der Waals surface area contributed by atoms with Crippen LogP contribution in [0, 0.1) is 11.3 Å². The Morgan fingerprint density at radius 1 is 1.26 bits per heavy atom. The van der Waals surface area contributed by atoms with Gasteiger partial charge in [0.05, 0.1) is 56.8 Å². The Kier molecular flexibility index (Phi) is 9.07. The number of dihydropyridines is 1. The van der Waals surface area contributed by atoms with Gasteiger partial charge in [0.1, 0.15) is 12.4 Å². The first kappa shape index (κ1) is 25.7. The predicted octanol–water partition coefficient (Wildman–Crippen LogP) is 4.84. The Morgan fingerprint density at radius 2 is 2.06 bits per heavy atom. The van der Waals surface area contributed by atoms with Crippen LogP contribution in [0.15, 0.2) is 62.9 Å².